The number of pyridine rings is 1. The molecule has 0 fully saturated rings. The number of aromatic nitrogens is 1. The lowest BCUT2D eigenvalue weighted by atomic mass is 9.96. The summed E-state index contributed by atoms with van der Waals surface area (Å²) in [5.41, 5.74) is 1.92. The number of benzene rings is 3. The zero-order valence-electron chi connectivity index (χ0n) is 19.8. The molecule has 0 spiro atoms. The van der Waals surface area contributed by atoms with Gasteiger partial charge in [0.15, 0.2) is 11.5 Å². The van der Waals surface area contributed by atoms with Crippen LogP contribution < -0.4 is 19.8 Å². The van der Waals surface area contributed by atoms with Crippen LogP contribution in [-0.2, 0) is 11.3 Å². The Morgan fingerprint density at radius 1 is 0.857 bits per heavy atom. The van der Waals surface area contributed by atoms with Crippen LogP contribution in [0.5, 0.6) is 17.2 Å². The molecule has 0 atom stereocenters. The SMILES string of the molecule is COC(=O)c1c(-c2ccccc2)c2cc(Br)ccc2c(=O)n1Cc1cc(OC)c(OC)c(OC)c1. The molecule has 3 aromatic carbocycles. The Morgan fingerprint density at radius 2 is 1.51 bits per heavy atom. The van der Waals surface area contributed by atoms with E-state index in [-0.39, 0.29) is 17.8 Å². The van der Waals surface area contributed by atoms with E-state index in [0.29, 0.717) is 39.1 Å². The van der Waals surface area contributed by atoms with Gasteiger partial charge in [0.1, 0.15) is 5.69 Å². The normalized spacial score (nSPS) is 10.8. The van der Waals surface area contributed by atoms with Gasteiger partial charge in [-0.3, -0.25) is 9.36 Å². The van der Waals surface area contributed by atoms with Gasteiger partial charge < -0.3 is 18.9 Å². The van der Waals surface area contributed by atoms with Crippen LogP contribution in [0.3, 0.4) is 0 Å². The van der Waals surface area contributed by atoms with Crippen molar-refractivity contribution in [2.45, 2.75) is 6.54 Å². The third-order valence-corrected chi connectivity index (χ3v) is 6.23. The molecule has 8 heteroatoms. The summed E-state index contributed by atoms with van der Waals surface area (Å²) in [4.78, 5) is 26.9. The van der Waals surface area contributed by atoms with Crippen molar-refractivity contribution in [3.8, 4) is 28.4 Å². The first-order chi connectivity index (χ1) is 16.9. The zero-order chi connectivity index (χ0) is 25.1. The van der Waals surface area contributed by atoms with E-state index in [0.717, 1.165) is 10.0 Å². The van der Waals surface area contributed by atoms with Gasteiger partial charge in [0.25, 0.3) is 5.56 Å². The molecule has 0 bridgehead atoms. The Kier molecular flexibility index (Phi) is 7.12. The summed E-state index contributed by atoms with van der Waals surface area (Å²) in [6, 6.07) is 18.4. The average molecular weight is 538 g/mol. The summed E-state index contributed by atoms with van der Waals surface area (Å²) in [6.07, 6.45) is 0. The maximum Gasteiger partial charge on any atom is 0.355 e. The maximum absolute atomic E-state index is 13.8. The standard InChI is InChI=1S/C27H24BrNO6/c1-32-21-12-16(13-22(33-2)25(21)34-3)15-29-24(27(31)35-4)23(17-8-6-5-7-9-17)20-14-18(28)10-11-19(20)26(29)30/h5-14H,15H2,1-4H3. The van der Waals surface area contributed by atoms with Crippen molar-refractivity contribution in [3.05, 3.63) is 86.7 Å². The van der Waals surface area contributed by atoms with E-state index in [9.17, 15) is 9.59 Å². The fraction of sp³-hybridized carbons (Fsp3) is 0.185. The van der Waals surface area contributed by atoms with Crippen LogP contribution in [0.4, 0.5) is 0 Å². The van der Waals surface area contributed by atoms with Crippen LogP contribution >= 0.6 is 15.9 Å². The van der Waals surface area contributed by atoms with E-state index in [2.05, 4.69) is 15.9 Å². The van der Waals surface area contributed by atoms with Gasteiger partial charge in [0, 0.05) is 15.4 Å². The lowest BCUT2D eigenvalue weighted by Crippen LogP contribution is -2.28. The number of methoxy groups -OCH3 is 4. The summed E-state index contributed by atoms with van der Waals surface area (Å²) in [7, 11) is 5.87. The topological polar surface area (TPSA) is 76.0 Å². The minimum atomic E-state index is -0.615. The number of nitrogens with zero attached hydrogens (tertiary/aromatic N) is 1. The molecular weight excluding hydrogens is 514 g/mol. The molecule has 35 heavy (non-hydrogen) atoms. The second-order valence-electron chi connectivity index (χ2n) is 7.70. The van der Waals surface area contributed by atoms with Crippen molar-refractivity contribution in [3.63, 3.8) is 0 Å². The van der Waals surface area contributed by atoms with Crippen LogP contribution in [0.2, 0.25) is 0 Å². The second kappa shape index (κ2) is 10.2. The first-order valence-electron chi connectivity index (χ1n) is 10.7. The number of halogens is 1. The minimum absolute atomic E-state index is 0.0752. The molecule has 1 heterocycles. The molecule has 0 saturated carbocycles. The van der Waals surface area contributed by atoms with E-state index in [1.54, 1.807) is 24.3 Å². The quantitative estimate of drug-likeness (QED) is 0.298. The van der Waals surface area contributed by atoms with Gasteiger partial charge in [0.2, 0.25) is 5.75 Å². The molecule has 1 aromatic heterocycles. The lowest BCUT2D eigenvalue weighted by molar-refractivity contribution is 0.0588. The number of carbonyl (C=O) groups is 1. The lowest BCUT2D eigenvalue weighted by Gasteiger charge is -2.20. The van der Waals surface area contributed by atoms with Crippen LogP contribution in [0.1, 0.15) is 16.1 Å². The van der Waals surface area contributed by atoms with Crippen molar-refractivity contribution in [1.82, 2.24) is 4.57 Å². The number of rotatable bonds is 7. The number of fused-ring (bicyclic) bond motifs is 1. The molecule has 0 unspecified atom stereocenters. The Hall–Kier alpha value is -3.78. The average Bonchev–Trinajstić information content (AvgIpc) is 2.89. The van der Waals surface area contributed by atoms with Gasteiger partial charge >= 0.3 is 5.97 Å². The molecule has 0 aliphatic carbocycles. The van der Waals surface area contributed by atoms with E-state index in [1.807, 2.05) is 36.4 Å². The van der Waals surface area contributed by atoms with Gasteiger partial charge in [0.05, 0.1) is 35.0 Å². The predicted molar refractivity (Wildman–Crippen MR) is 138 cm³/mol. The first-order valence-corrected chi connectivity index (χ1v) is 11.5. The van der Waals surface area contributed by atoms with Crippen molar-refractivity contribution < 1.29 is 23.7 Å². The molecule has 0 radical (unpaired) electrons. The smallest absolute Gasteiger partial charge is 0.355 e. The Labute approximate surface area is 210 Å². The van der Waals surface area contributed by atoms with Gasteiger partial charge in [-0.25, -0.2) is 4.79 Å². The molecule has 180 valence electrons. The van der Waals surface area contributed by atoms with Crippen molar-refractivity contribution in [2.75, 3.05) is 28.4 Å². The van der Waals surface area contributed by atoms with Crippen LogP contribution in [0.25, 0.3) is 21.9 Å². The monoisotopic (exact) mass is 537 g/mol. The fourth-order valence-corrected chi connectivity index (χ4v) is 4.55. The zero-order valence-corrected chi connectivity index (χ0v) is 21.3. The minimum Gasteiger partial charge on any atom is -0.493 e. The highest BCUT2D eigenvalue weighted by molar-refractivity contribution is 9.10. The largest absolute Gasteiger partial charge is 0.493 e. The van der Waals surface area contributed by atoms with E-state index >= 15 is 0 Å². The summed E-state index contributed by atoms with van der Waals surface area (Å²) in [6.45, 7) is 0.0752. The predicted octanol–water partition coefficient (Wildman–Crippen LogP) is 5.29. The van der Waals surface area contributed by atoms with Crippen LogP contribution in [0, 0.1) is 0 Å². The third kappa shape index (κ3) is 4.49. The first kappa shape index (κ1) is 24.3. The summed E-state index contributed by atoms with van der Waals surface area (Å²) >= 11 is 3.50. The van der Waals surface area contributed by atoms with Crippen molar-refractivity contribution >= 4 is 32.7 Å². The Morgan fingerprint density at radius 3 is 2.09 bits per heavy atom. The summed E-state index contributed by atoms with van der Waals surface area (Å²) in [5, 5.41) is 1.13. The molecule has 0 aliphatic rings. The number of hydrogen-bond donors (Lipinski definition) is 0. The molecule has 4 aromatic rings. The van der Waals surface area contributed by atoms with Gasteiger partial charge in [-0.1, -0.05) is 46.3 Å². The molecule has 0 saturated heterocycles. The molecular formula is C27H24BrNO6. The van der Waals surface area contributed by atoms with Gasteiger partial charge in [-0.15, -0.1) is 0 Å². The van der Waals surface area contributed by atoms with E-state index < -0.39 is 5.97 Å². The van der Waals surface area contributed by atoms with E-state index in [4.69, 9.17) is 18.9 Å². The van der Waals surface area contributed by atoms with Gasteiger partial charge in [-0.05, 0) is 46.8 Å². The molecule has 0 amide bonds. The number of carbonyl (C=O) groups excluding carboxylic acids is 1. The highest BCUT2D eigenvalue weighted by Crippen LogP contribution is 2.39. The van der Waals surface area contributed by atoms with Crippen LogP contribution in [-0.4, -0.2) is 39.0 Å². The second-order valence-corrected chi connectivity index (χ2v) is 8.61. The molecule has 0 aliphatic heterocycles. The van der Waals surface area contributed by atoms with E-state index in [1.165, 1.54) is 33.0 Å². The summed E-state index contributed by atoms with van der Waals surface area (Å²) in [5.74, 6) is 0.716. The molecule has 4 rings (SSSR count). The van der Waals surface area contributed by atoms with Crippen molar-refractivity contribution in [1.29, 1.82) is 0 Å². The highest BCUT2D eigenvalue weighted by atomic mass is 79.9. The summed E-state index contributed by atoms with van der Waals surface area (Å²) < 4.78 is 23.7. The Bertz CT molecular complexity index is 1440. The Balaban J connectivity index is 2.07. The fourth-order valence-electron chi connectivity index (χ4n) is 4.19. The van der Waals surface area contributed by atoms with Gasteiger partial charge in [-0.2, -0.15) is 0 Å². The number of hydrogen-bond acceptors (Lipinski definition) is 6. The van der Waals surface area contributed by atoms with Crippen LogP contribution in [0.15, 0.2) is 69.9 Å². The number of ether oxygens (including phenoxy) is 4. The maximum atomic E-state index is 13.8. The highest BCUT2D eigenvalue weighted by Gasteiger charge is 2.25. The third-order valence-electron chi connectivity index (χ3n) is 5.74. The number of esters is 1. The van der Waals surface area contributed by atoms with Crippen molar-refractivity contribution in [2.24, 2.45) is 0 Å². The molecule has 0 N–H and O–H groups in total. The molecule has 7 nitrogen and oxygen atoms in total.